The van der Waals surface area contributed by atoms with E-state index in [-0.39, 0.29) is 5.78 Å². The molecule has 15 heteroatoms. The summed E-state index contributed by atoms with van der Waals surface area (Å²) in [6.45, 7) is 3.43. The molecule has 0 atom stereocenters. The van der Waals surface area contributed by atoms with Crippen LogP contribution in [-0.4, -0.2) is 44.4 Å². The second-order valence-electron chi connectivity index (χ2n) is 27.2. The van der Waals surface area contributed by atoms with Crippen molar-refractivity contribution in [2.24, 2.45) is 0 Å². The van der Waals surface area contributed by atoms with E-state index >= 15 is 0 Å². The van der Waals surface area contributed by atoms with Crippen molar-refractivity contribution >= 4 is 161 Å². The molecule has 0 saturated carbocycles. The minimum Gasteiger partial charge on any atom is -0.309 e. The number of aromatic nitrogens is 8. The number of rotatable bonds is 13. The van der Waals surface area contributed by atoms with Crippen LogP contribution in [0.2, 0.25) is 0 Å². The van der Waals surface area contributed by atoms with Crippen LogP contribution < -0.4 is 0 Å². The molecule has 0 aliphatic heterocycles. The molecule has 0 fully saturated rings. The molecule has 111 heavy (non-hydrogen) atoms. The number of fused-ring (bicyclic) bond motifs is 12. The van der Waals surface area contributed by atoms with Crippen LogP contribution in [0.3, 0.4) is 0 Å². The highest BCUT2D eigenvalue weighted by Gasteiger charge is 2.24. The molecule has 10 aromatic heterocycles. The van der Waals surface area contributed by atoms with Crippen LogP contribution in [-0.2, 0) is 4.79 Å². The van der Waals surface area contributed by atoms with E-state index in [1.54, 1.807) is 74.9 Å². The molecule has 0 aliphatic rings. The Labute approximate surface area is 663 Å². The highest BCUT2D eigenvalue weighted by molar-refractivity contribution is 7.26. The van der Waals surface area contributed by atoms with Gasteiger partial charge < -0.3 is 23.1 Å². The number of carbonyl (C=O) groups excluding carboxylic acids is 1. The lowest BCUT2D eigenvalue weighted by atomic mass is 10.1. The first-order valence-corrected chi connectivity index (χ1v) is 41.9. The Balaban J connectivity index is 0.000000137. The van der Waals surface area contributed by atoms with Crippen LogP contribution in [0.1, 0.15) is 20.3 Å². The van der Waals surface area contributed by atoms with Gasteiger partial charge in [0.25, 0.3) is 0 Å². The summed E-state index contributed by atoms with van der Waals surface area (Å²) < 4.78 is 9.43. The highest BCUT2D eigenvalue weighted by atomic mass is 32.1. The standard InChI is InChI=1S/2C46H28N4S3.C4H8O/c2*1-5-13-39-35(9-1)36-10-2-6-14-40(36)49(39)31-21-17-29(18-22-31)33-25-27-51-43(33)45-47-48-46(53-45)44-34(26-28-52-44)30-19-23-32(24-20-30)50-41-15-7-3-11-37(41)38-12-4-8-16-42(38)50;1-3-4(2)5/h2*1-28H;3H2,1-2H3. The SMILES string of the molecule is CCC(C)=O.c1ccc2c(c1)c1ccccc1n2-c1ccc(-c2ccsc2-c2nnc(-c3sccc3-c3ccc(-n4c5ccccc5c5ccccc54)cc3)s2)cc1.c1ccc2c(c1)c1ccccc1n2-c1ccc(-c2ccsc2-c2nnc(-c3sccc3-c3ccc(-n4c5ccccc5c5ccccc54)cc3)s2)cc1. The molecule has 0 spiro atoms. The van der Waals surface area contributed by atoms with Crippen molar-refractivity contribution in [3.05, 3.63) is 337 Å². The molecule has 12 aromatic carbocycles. The van der Waals surface area contributed by atoms with E-state index in [9.17, 15) is 4.79 Å². The number of hydrogen-bond donors (Lipinski definition) is 0. The van der Waals surface area contributed by atoms with Crippen LogP contribution in [0.5, 0.6) is 0 Å². The molecule has 22 rings (SSSR count). The topological polar surface area (TPSA) is 88.3 Å². The van der Waals surface area contributed by atoms with Gasteiger partial charge in [-0.2, -0.15) is 0 Å². The first-order valence-electron chi connectivity index (χ1n) is 36.7. The summed E-state index contributed by atoms with van der Waals surface area (Å²) in [5.74, 6) is 0.255. The molecule has 9 nitrogen and oxygen atoms in total. The zero-order chi connectivity index (χ0) is 74.0. The van der Waals surface area contributed by atoms with Crippen LogP contribution in [0, 0.1) is 0 Å². The molecule has 0 unspecified atom stereocenters. The van der Waals surface area contributed by atoms with Gasteiger partial charge in [0, 0.05) is 94.5 Å². The summed E-state index contributed by atoms with van der Waals surface area (Å²) in [6.07, 6.45) is 0.667. The maximum Gasteiger partial charge on any atom is 0.158 e. The monoisotopic (exact) mass is 1540 g/mol. The van der Waals surface area contributed by atoms with Crippen molar-refractivity contribution in [1.82, 2.24) is 38.7 Å². The van der Waals surface area contributed by atoms with E-state index in [0.29, 0.717) is 6.42 Å². The quantitative estimate of drug-likeness (QED) is 0.115. The third-order valence-corrected chi connectivity index (χ3v) is 27.0. The Hall–Kier alpha value is -12.6. The molecule has 0 amide bonds. The number of hydrogen-bond acceptors (Lipinski definition) is 11. The molecule has 10 heterocycles. The van der Waals surface area contributed by atoms with Crippen molar-refractivity contribution in [2.45, 2.75) is 20.3 Å². The number of nitrogens with zero attached hydrogens (tertiary/aromatic N) is 8. The van der Waals surface area contributed by atoms with Gasteiger partial charge in [-0.05, 0) is 172 Å². The largest absolute Gasteiger partial charge is 0.309 e. The highest BCUT2D eigenvalue weighted by Crippen LogP contribution is 2.48. The molecule has 0 aliphatic carbocycles. The van der Waals surface area contributed by atoms with Crippen LogP contribution >= 0.6 is 68.0 Å². The summed E-state index contributed by atoms with van der Waals surface area (Å²) >= 11 is 10.2. The molecule has 530 valence electrons. The van der Waals surface area contributed by atoms with E-state index in [2.05, 4.69) is 355 Å². The maximum absolute atomic E-state index is 9.81. The lowest BCUT2D eigenvalue weighted by Crippen LogP contribution is -1.93. The summed E-state index contributed by atoms with van der Waals surface area (Å²) in [5.41, 5.74) is 23.7. The molecule has 0 saturated heterocycles. The minimum absolute atomic E-state index is 0.255. The van der Waals surface area contributed by atoms with E-state index in [4.69, 9.17) is 20.4 Å². The number of Topliss-reactive ketones (excluding diaryl/α,β-unsaturated/α-hetero) is 1. The Morgan fingerprint density at radius 3 is 0.595 bits per heavy atom. The summed E-state index contributed by atoms with van der Waals surface area (Å²) in [6, 6.07) is 114. The summed E-state index contributed by atoms with van der Waals surface area (Å²) in [4.78, 5) is 14.4. The number of ketones is 1. The minimum atomic E-state index is 0.255. The molecular weight excluding hydrogens is 1470 g/mol. The fourth-order valence-electron chi connectivity index (χ4n) is 15.6. The zero-order valence-corrected chi connectivity index (χ0v) is 64.9. The number of carbonyl (C=O) groups is 1. The van der Waals surface area contributed by atoms with Gasteiger partial charge in [-0.25, -0.2) is 0 Å². The van der Waals surface area contributed by atoms with E-state index < -0.39 is 0 Å². The smallest absolute Gasteiger partial charge is 0.158 e. The van der Waals surface area contributed by atoms with Crippen LogP contribution in [0.4, 0.5) is 0 Å². The van der Waals surface area contributed by atoms with Crippen molar-refractivity contribution in [3.63, 3.8) is 0 Å². The van der Waals surface area contributed by atoms with Gasteiger partial charge in [-0.3, -0.25) is 0 Å². The number of benzene rings is 12. The average Bonchev–Trinajstić information content (AvgIpc) is 1.61. The Morgan fingerprint density at radius 2 is 0.423 bits per heavy atom. The Kier molecular flexibility index (Phi) is 17.6. The Bertz CT molecular complexity index is 6180. The first-order chi connectivity index (χ1) is 54.9. The molecule has 0 N–H and O–H groups in total. The van der Waals surface area contributed by atoms with Crippen molar-refractivity contribution < 1.29 is 4.79 Å². The van der Waals surface area contributed by atoms with Crippen molar-refractivity contribution in [3.8, 4) is 107 Å². The van der Waals surface area contributed by atoms with Gasteiger partial charge in [-0.15, -0.1) is 65.7 Å². The van der Waals surface area contributed by atoms with Gasteiger partial charge in [-0.1, -0.05) is 224 Å². The molecule has 0 bridgehead atoms. The van der Waals surface area contributed by atoms with E-state index in [1.807, 2.05) is 6.92 Å². The summed E-state index contributed by atoms with van der Waals surface area (Å²) in [5, 5.41) is 41.5. The average molecular weight is 1540 g/mol. The van der Waals surface area contributed by atoms with Crippen molar-refractivity contribution in [2.75, 3.05) is 0 Å². The molecule has 22 aromatic rings. The second-order valence-corrected chi connectivity index (χ2v) is 32.8. The predicted molar refractivity (Wildman–Crippen MR) is 473 cm³/mol. The van der Waals surface area contributed by atoms with Crippen LogP contribution in [0.15, 0.2) is 337 Å². The van der Waals surface area contributed by atoms with Gasteiger partial charge in [0.1, 0.15) is 5.78 Å². The second kappa shape index (κ2) is 28.8. The lowest BCUT2D eigenvalue weighted by Gasteiger charge is -2.09. The fourth-order valence-corrected chi connectivity index (χ4v) is 21.3. The first kappa shape index (κ1) is 67.8. The van der Waals surface area contributed by atoms with Gasteiger partial charge in [0.15, 0.2) is 20.0 Å². The van der Waals surface area contributed by atoms with Crippen molar-refractivity contribution in [1.29, 1.82) is 0 Å². The third-order valence-electron chi connectivity index (χ3n) is 20.9. The summed E-state index contributed by atoms with van der Waals surface area (Å²) in [7, 11) is 0. The van der Waals surface area contributed by atoms with E-state index in [0.717, 1.165) is 62.3 Å². The predicted octanol–water partition coefficient (Wildman–Crippen LogP) is 28.0. The fraction of sp³-hybridized carbons (Fsp3) is 0.0312. The third kappa shape index (κ3) is 12.0. The van der Waals surface area contributed by atoms with Gasteiger partial charge in [0.2, 0.25) is 0 Å². The van der Waals surface area contributed by atoms with Crippen LogP contribution in [0.25, 0.3) is 194 Å². The van der Waals surface area contributed by atoms with E-state index in [1.165, 1.54) is 132 Å². The van der Waals surface area contributed by atoms with Gasteiger partial charge in [0.05, 0.1) is 63.6 Å². The maximum atomic E-state index is 9.81. The van der Waals surface area contributed by atoms with Gasteiger partial charge >= 0.3 is 0 Å². The zero-order valence-electron chi connectivity index (χ0n) is 60.0. The Morgan fingerprint density at radius 1 is 0.252 bits per heavy atom. The molecular formula is C96H64N8OS6. The lowest BCUT2D eigenvalue weighted by molar-refractivity contribution is -0.116. The normalized spacial score (nSPS) is 11.6. The number of para-hydroxylation sites is 8. The molecule has 0 radical (unpaired) electrons. The number of thiophene rings is 4.